The SMILES string of the molecule is CN(C)c1ccc(N(CC(=O)O)C[Si](C)(C)C)cc1. The van der Waals surface area contributed by atoms with Gasteiger partial charge in [-0.1, -0.05) is 19.6 Å². The molecule has 19 heavy (non-hydrogen) atoms. The van der Waals surface area contributed by atoms with Gasteiger partial charge in [-0.25, -0.2) is 0 Å². The third-order valence-corrected chi connectivity index (χ3v) is 4.05. The number of anilines is 2. The van der Waals surface area contributed by atoms with Gasteiger partial charge in [0, 0.05) is 31.6 Å². The number of benzene rings is 1. The molecule has 1 N–H and O–H groups in total. The Bertz CT molecular complexity index is 424. The lowest BCUT2D eigenvalue weighted by Gasteiger charge is -2.29. The van der Waals surface area contributed by atoms with Crippen LogP contribution in [0.15, 0.2) is 24.3 Å². The van der Waals surface area contributed by atoms with E-state index in [1.807, 2.05) is 48.2 Å². The minimum absolute atomic E-state index is 0.0611. The molecule has 0 aliphatic heterocycles. The lowest BCUT2D eigenvalue weighted by molar-refractivity contribution is -0.135. The van der Waals surface area contributed by atoms with Crippen molar-refractivity contribution in [3.63, 3.8) is 0 Å². The largest absolute Gasteiger partial charge is 0.480 e. The van der Waals surface area contributed by atoms with E-state index < -0.39 is 14.0 Å². The third-order valence-electron chi connectivity index (χ3n) is 2.72. The molecule has 0 fully saturated rings. The quantitative estimate of drug-likeness (QED) is 0.813. The van der Waals surface area contributed by atoms with E-state index in [2.05, 4.69) is 19.6 Å². The zero-order valence-corrected chi connectivity index (χ0v) is 13.5. The van der Waals surface area contributed by atoms with Gasteiger partial charge in [0.2, 0.25) is 0 Å². The van der Waals surface area contributed by atoms with Gasteiger partial charge in [0.1, 0.15) is 6.54 Å². The van der Waals surface area contributed by atoms with E-state index in [-0.39, 0.29) is 6.54 Å². The van der Waals surface area contributed by atoms with Crippen LogP contribution in [0.5, 0.6) is 0 Å². The van der Waals surface area contributed by atoms with E-state index >= 15 is 0 Å². The summed E-state index contributed by atoms with van der Waals surface area (Å²) in [4.78, 5) is 15.0. The summed E-state index contributed by atoms with van der Waals surface area (Å²) < 4.78 is 0. The monoisotopic (exact) mass is 280 g/mol. The van der Waals surface area contributed by atoms with Crippen LogP contribution in [0.25, 0.3) is 0 Å². The summed E-state index contributed by atoms with van der Waals surface area (Å²) in [7, 11) is 2.63. The second-order valence-electron chi connectivity index (χ2n) is 6.22. The number of hydrogen-bond acceptors (Lipinski definition) is 3. The zero-order chi connectivity index (χ0) is 14.6. The van der Waals surface area contributed by atoms with E-state index in [9.17, 15) is 4.79 Å². The normalized spacial score (nSPS) is 11.2. The molecule has 0 heterocycles. The Morgan fingerprint density at radius 2 is 1.58 bits per heavy atom. The molecule has 0 spiro atoms. The predicted octanol–water partition coefficient (Wildman–Crippen LogP) is 2.52. The summed E-state index contributed by atoms with van der Waals surface area (Å²) in [6.45, 7) is 6.80. The van der Waals surface area contributed by atoms with Crippen molar-refractivity contribution in [1.29, 1.82) is 0 Å². The highest BCUT2D eigenvalue weighted by Crippen LogP contribution is 2.21. The Balaban J connectivity index is 2.93. The molecule has 0 saturated carbocycles. The van der Waals surface area contributed by atoms with Crippen LogP contribution in [0.1, 0.15) is 0 Å². The molecular formula is C14H24N2O2Si. The van der Waals surface area contributed by atoms with Crippen molar-refractivity contribution in [2.45, 2.75) is 19.6 Å². The van der Waals surface area contributed by atoms with Gasteiger partial charge in [0.05, 0.1) is 8.07 Å². The molecule has 0 bridgehead atoms. The van der Waals surface area contributed by atoms with Crippen molar-refractivity contribution in [1.82, 2.24) is 0 Å². The van der Waals surface area contributed by atoms with Crippen LogP contribution in [-0.2, 0) is 4.79 Å². The van der Waals surface area contributed by atoms with Gasteiger partial charge in [-0.15, -0.1) is 0 Å². The van der Waals surface area contributed by atoms with Crippen LogP contribution in [0.2, 0.25) is 19.6 Å². The molecule has 0 atom stereocenters. The zero-order valence-electron chi connectivity index (χ0n) is 12.5. The first-order chi connectivity index (χ1) is 8.69. The molecule has 0 aromatic heterocycles. The van der Waals surface area contributed by atoms with Crippen LogP contribution >= 0.6 is 0 Å². The first-order valence-corrected chi connectivity index (χ1v) is 10.1. The second-order valence-corrected chi connectivity index (χ2v) is 11.7. The van der Waals surface area contributed by atoms with Crippen LogP contribution in [0.3, 0.4) is 0 Å². The molecule has 0 aliphatic carbocycles. The summed E-state index contributed by atoms with van der Waals surface area (Å²) in [5.41, 5.74) is 2.10. The Kier molecular flexibility index (Phi) is 5.00. The standard InChI is InChI=1S/C14H24N2O2Si/c1-15(2)12-6-8-13(9-7-12)16(10-14(17)18)11-19(3,4)5/h6-9H,10-11H2,1-5H3,(H,17,18). The van der Waals surface area contributed by atoms with E-state index in [1.54, 1.807) is 0 Å². The highest BCUT2D eigenvalue weighted by Gasteiger charge is 2.20. The first-order valence-electron chi connectivity index (χ1n) is 6.43. The lowest BCUT2D eigenvalue weighted by atomic mass is 10.2. The van der Waals surface area contributed by atoms with Gasteiger partial charge >= 0.3 is 5.97 Å². The fourth-order valence-corrected chi connectivity index (χ4v) is 3.38. The molecule has 4 nitrogen and oxygen atoms in total. The minimum Gasteiger partial charge on any atom is -0.480 e. The lowest BCUT2D eigenvalue weighted by Crippen LogP contribution is -2.42. The van der Waals surface area contributed by atoms with Crippen molar-refractivity contribution >= 4 is 25.4 Å². The molecule has 1 aromatic rings. The van der Waals surface area contributed by atoms with Crippen molar-refractivity contribution < 1.29 is 9.90 Å². The molecule has 1 aromatic carbocycles. The smallest absolute Gasteiger partial charge is 0.323 e. The van der Waals surface area contributed by atoms with Crippen molar-refractivity contribution in [3.05, 3.63) is 24.3 Å². The van der Waals surface area contributed by atoms with E-state index in [1.165, 1.54) is 0 Å². The van der Waals surface area contributed by atoms with Gasteiger partial charge in [-0.2, -0.15) is 0 Å². The molecule has 0 unspecified atom stereocenters. The Morgan fingerprint density at radius 1 is 1.11 bits per heavy atom. The molecule has 0 radical (unpaired) electrons. The van der Waals surface area contributed by atoms with Gasteiger partial charge in [0.25, 0.3) is 0 Å². The van der Waals surface area contributed by atoms with Crippen molar-refractivity contribution in [2.75, 3.05) is 36.6 Å². The van der Waals surface area contributed by atoms with E-state index in [4.69, 9.17) is 5.11 Å². The van der Waals surface area contributed by atoms with Crippen LogP contribution in [0.4, 0.5) is 11.4 Å². The topological polar surface area (TPSA) is 43.8 Å². The summed E-state index contributed by atoms with van der Waals surface area (Å²) in [5, 5.41) is 9.05. The predicted molar refractivity (Wildman–Crippen MR) is 84.0 cm³/mol. The molecule has 1 rings (SSSR count). The maximum absolute atomic E-state index is 11.0. The highest BCUT2D eigenvalue weighted by atomic mass is 28.3. The highest BCUT2D eigenvalue weighted by molar-refractivity contribution is 6.76. The minimum atomic E-state index is -1.35. The fraction of sp³-hybridized carbons (Fsp3) is 0.500. The maximum Gasteiger partial charge on any atom is 0.323 e. The molecule has 106 valence electrons. The summed E-state index contributed by atoms with van der Waals surface area (Å²) in [6.07, 6.45) is 0.848. The number of carboxylic acid groups (broad SMARTS) is 1. The van der Waals surface area contributed by atoms with Crippen molar-refractivity contribution in [3.8, 4) is 0 Å². The van der Waals surface area contributed by atoms with Crippen LogP contribution in [-0.4, -0.2) is 46.0 Å². The Labute approximate surface area is 116 Å². The van der Waals surface area contributed by atoms with Crippen LogP contribution in [0, 0.1) is 0 Å². The number of rotatable bonds is 6. The second kappa shape index (κ2) is 6.10. The van der Waals surface area contributed by atoms with Crippen molar-refractivity contribution in [2.24, 2.45) is 0 Å². The van der Waals surface area contributed by atoms with E-state index in [0.29, 0.717) is 0 Å². The third kappa shape index (κ3) is 5.34. The Morgan fingerprint density at radius 3 is 1.95 bits per heavy atom. The van der Waals surface area contributed by atoms with Gasteiger partial charge in [-0.05, 0) is 24.3 Å². The summed E-state index contributed by atoms with van der Waals surface area (Å²) in [6, 6.07) is 8.04. The molecule has 0 aliphatic rings. The summed E-state index contributed by atoms with van der Waals surface area (Å²) >= 11 is 0. The number of carbonyl (C=O) groups is 1. The average Bonchev–Trinajstić information content (AvgIpc) is 2.25. The van der Waals surface area contributed by atoms with Gasteiger partial charge < -0.3 is 14.9 Å². The first kappa shape index (κ1) is 15.6. The van der Waals surface area contributed by atoms with Gasteiger partial charge in [0.15, 0.2) is 0 Å². The van der Waals surface area contributed by atoms with Crippen LogP contribution < -0.4 is 9.80 Å². The Hall–Kier alpha value is -1.49. The fourth-order valence-electron chi connectivity index (χ4n) is 1.94. The molecule has 0 saturated heterocycles. The maximum atomic E-state index is 11.0. The number of hydrogen-bond donors (Lipinski definition) is 1. The molecular weight excluding hydrogens is 256 g/mol. The summed E-state index contributed by atoms with van der Waals surface area (Å²) in [5.74, 6) is -0.782. The molecule has 0 amide bonds. The number of nitrogens with zero attached hydrogens (tertiary/aromatic N) is 2. The average molecular weight is 280 g/mol. The molecule has 5 heteroatoms. The number of carboxylic acids is 1. The van der Waals surface area contributed by atoms with E-state index in [0.717, 1.165) is 17.5 Å². The van der Waals surface area contributed by atoms with Gasteiger partial charge in [-0.3, -0.25) is 4.79 Å². The number of aliphatic carboxylic acids is 1.